The second kappa shape index (κ2) is 4.52. The van der Waals surface area contributed by atoms with Crippen LogP contribution in [-0.4, -0.2) is 60.3 Å². The highest BCUT2D eigenvalue weighted by Gasteiger charge is 2.39. The van der Waals surface area contributed by atoms with Gasteiger partial charge in [-0.3, -0.25) is 9.80 Å². The molecule has 98 valence electrons. The van der Waals surface area contributed by atoms with E-state index in [1.165, 1.54) is 45.3 Å². The molecule has 0 aromatic carbocycles. The Morgan fingerprint density at radius 3 is 2.94 bits per heavy atom. The van der Waals surface area contributed by atoms with Crippen molar-refractivity contribution in [1.82, 2.24) is 9.80 Å². The smallest absolute Gasteiger partial charge is 0.0781 e. The van der Waals surface area contributed by atoms with E-state index in [0.717, 1.165) is 19.2 Å². The van der Waals surface area contributed by atoms with E-state index in [1.807, 2.05) is 0 Å². The molecule has 0 aromatic rings. The van der Waals surface area contributed by atoms with Gasteiger partial charge >= 0.3 is 0 Å². The molecule has 3 fully saturated rings. The fourth-order valence-corrected chi connectivity index (χ4v) is 3.86. The Hall–Kier alpha value is -0.120. The summed E-state index contributed by atoms with van der Waals surface area (Å²) < 4.78 is 5.95. The van der Waals surface area contributed by atoms with Crippen LogP contribution < -0.4 is 0 Å². The number of piperazine rings is 1. The number of rotatable bonds is 2. The first-order chi connectivity index (χ1) is 8.16. The minimum Gasteiger partial charge on any atom is -0.374 e. The Morgan fingerprint density at radius 1 is 1.29 bits per heavy atom. The normalized spacial score (nSPS) is 44.1. The maximum absolute atomic E-state index is 5.95. The third-order valence-electron chi connectivity index (χ3n) is 4.90. The van der Waals surface area contributed by atoms with Crippen LogP contribution in [0.1, 0.15) is 39.5 Å². The minimum atomic E-state index is 0.134. The van der Waals surface area contributed by atoms with Crippen molar-refractivity contribution in [1.29, 1.82) is 0 Å². The van der Waals surface area contributed by atoms with Crippen LogP contribution in [0.15, 0.2) is 0 Å². The molecule has 0 amide bonds. The molecule has 3 atom stereocenters. The van der Waals surface area contributed by atoms with Crippen molar-refractivity contribution in [3.63, 3.8) is 0 Å². The summed E-state index contributed by atoms with van der Waals surface area (Å²) in [5, 5.41) is 0. The van der Waals surface area contributed by atoms with E-state index in [4.69, 9.17) is 4.74 Å². The summed E-state index contributed by atoms with van der Waals surface area (Å²) >= 11 is 0. The molecule has 3 heteroatoms. The lowest BCUT2D eigenvalue weighted by molar-refractivity contribution is -0.0395. The molecule has 0 aliphatic carbocycles. The summed E-state index contributed by atoms with van der Waals surface area (Å²) in [5.74, 6) is 0. The van der Waals surface area contributed by atoms with Crippen LogP contribution in [0.4, 0.5) is 0 Å². The van der Waals surface area contributed by atoms with Crippen molar-refractivity contribution in [2.75, 3.05) is 32.8 Å². The summed E-state index contributed by atoms with van der Waals surface area (Å²) in [7, 11) is 0. The molecule has 0 spiro atoms. The molecule has 3 aliphatic heterocycles. The maximum Gasteiger partial charge on any atom is 0.0781 e. The average molecular weight is 238 g/mol. The van der Waals surface area contributed by atoms with Gasteiger partial charge < -0.3 is 4.74 Å². The third-order valence-corrected chi connectivity index (χ3v) is 4.90. The molecule has 0 N–H and O–H groups in total. The van der Waals surface area contributed by atoms with Gasteiger partial charge in [0.05, 0.1) is 5.60 Å². The van der Waals surface area contributed by atoms with Crippen molar-refractivity contribution >= 4 is 0 Å². The molecule has 3 nitrogen and oxygen atoms in total. The number of ether oxygens (including phenoxy) is 1. The molecule has 3 unspecified atom stereocenters. The first kappa shape index (κ1) is 11.9. The van der Waals surface area contributed by atoms with Gasteiger partial charge in [0.2, 0.25) is 0 Å². The van der Waals surface area contributed by atoms with Crippen LogP contribution in [-0.2, 0) is 4.74 Å². The zero-order valence-corrected chi connectivity index (χ0v) is 11.3. The summed E-state index contributed by atoms with van der Waals surface area (Å²) in [6.45, 7) is 10.6. The molecule has 0 radical (unpaired) electrons. The highest BCUT2D eigenvalue weighted by molar-refractivity contribution is 4.94. The standard InChI is InChI=1S/C14H26N2O/c1-12-9-15-7-3-5-13(15)10-16(12)11-14(2)6-4-8-17-14/h12-13H,3-11H2,1-2H3. The average Bonchev–Trinajstić information content (AvgIpc) is 2.88. The van der Waals surface area contributed by atoms with Crippen LogP contribution in [0.2, 0.25) is 0 Å². The molecule has 3 rings (SSSR count). The summed E-state index contributed by atoms with van der Waals surface area (Å²) in [6.07, 6.45) is 5.29. The van der Waals surface area contributed by atoms with Crippen molar-refractivity contribution in [3.05, 3.63) is 0 Å². The van der Waals surface area contributed by atoms with E-state index in [-0.39, 0.29) is 5.60 Å². The highest BCUT2D eigenvalue weighted by Crippen LogP contribution is 2.30. The zero-order valence-electron chi connectivity index (χ0n) is 11.3. The highest BCUT2D eigenvalue weighted by atomic mass is 16.5. The topological polar surface area (TPSA) is 15.7 Å². The lowest BCUT2D eigenvalue weighted by Crippen LogP contribution is -2.58. The van der Waals surface area contributed by atoms with E-state index in [2.05, 4.69) is 23.6 Å². The number of hydrogen-bond donors (Lipinski definition) is 0. The molecule has 0 saturated carbocycles. The van der Waals surface area contributed by atoms with E-state index in [0.29, 0.717) is 6.04 Å². The van der Waals surface area contributed by atoms with Gasteiger partial charge in [0, 0.05) is 38.3 Å². The molecule has 3 saturated heterocycles. The second-order valence-corrected chi connectivity index (χ2v) is 6.47. The Morgan fingerprint density at radius 2 is 2.18 bits per heavy atom. The summed E-state index contributed by atoms with van der Waals surface area (Å²) in [4.78, 5) is 5.37. The van der Waals surface area contributed by atoms with Gasteiger partial charge in [0.25, 0.3) is 0 Å². The fourth-order valence-electron chi connectivity index (χ4n) is 3.86. The van der Waals surface area contributed by atoms with Gasteiger partial charge in [0.15, 0.2) is 0 Å². The van der Waals surface area contributed by atoms with Crippen LogP contribution in [0.5, 0.6) is 0 Å². The lowest BCUT2D eigenvalue weighted by Gasteiger charge is -2.45. The van der Waals surface area contributed by atoms with E-state index >= 15 is 0 Å². The Bertz CT molecular complexity index is 275. The van der Waals surface area contributed by atoms with E-state index in [1.54, 1.807) is 0 Å². The predicted octanol–water partition coefficient (Wildman–Crippen LogP) is 1.72. The van der Waals surface area contributed by atoms with Crippen LogP contribution in [0.25, 0.3) is 0 Å². The Balaban J connectivity index is 1.62. The molecule has 3 aliphatic rings. The van der Waals surface area contributed by atoms with Gasteiger partial charge in [-0.2, -0.15) is 0 Å². The SMILES string of the molecule is CC1CN2CCCC2CN1CC1(C)CCCO1. The Labute approximate surface area is 105 Å². The Kier molecular flexibility index (Phi) is 3.18. The van der Waals surface area contributed by atoms with Gasteiger partial charge in [-0.15, -0.1) is 0 Å². The second-order valence-electron chi connectivity index (χ2n) is 6.47. The van der Waals surface area contributed by atoms with Crippen molar-refractivity contribution in [2.45, 2.75) is 57.2 Å². The van der Waals surface area contributed by atoms with Crippen LogP contribution >= 0.6 is 0 Å². The van der Waals surface area contributed by atoms with Gasteiger partial charge in [0.1, 0.15) is 0 Å². The monoisotopic (exact) mass is 238 g/mol. The number of fused-ring (bicyclic) bond motifs is 1. The molecular weight excluding hydrogens is 212 g/mol. The van der Waals surface area contributed by atoms with Gasteiger partial charge in [-0.05, 0) is 46.1 Å². The lowest BCUT2D eigenvalue weighted by atomic mass is 9.99. The molecule has 0 bridgehead atoms. The predicted molar refractivity (Wildman–Crippen MR) is 69.2 cm³/mol. The van der Waals surface area contributed by atoms with Crippen LogP contribution in [0.3, 0.4) is 0 Å². The molecular formula is C14H26N2O. The first-order valence-electron chi connectivity index (χ1n) is 7.28. The summed E-state index contributed by atoms with van der Waals surface area (Å²) in [6, 6.07) is 1.53. The van der Waals surface area contributed by atoms with Gasteiger partial charge in [-0.25, -0.2) is 0 Å². The minimum absolute atomic E-state index is 0.134. The van der Waals surface area contributed by atoms with Crippen molar-refractivity contribution < 1.29 is 4.74 Å². The maximum atomic E-state index is 5.95. The van der Waals surface area contributed by atoms with Crippen molar-refractivity contribution in [2.24, 2.45) is 0 Å². The number of nitrogens with zero attached hydrogens (tertiary/aromatic N) is 2. The van der Waals surface area contributed by atoms with Crippen LogP contribution in [0, 0.1) is 0 Å². The fraction of sp³-hybridized carbons (Fsp3) is 1.00. The summed E-state index contributed by atoms with van der Waals surface area (Å²) in [5.41, 5.74) is 0.134. The van der Waals surface area contributed by atoms with E-state index < -0.39 is 0 Å². The zero-order chi connectivity index (χ0) is 11.9. The van der Waals surface area contributed by atoms with E-state index in [9.17, 15) is 0 Å². The largest absolute Gasteiger partial charge is 0.374 e. The third kappa shape index (κ3) is 2.38. The van der Waals surface area contributed by atoms with Crippen molar-refractivity contribution in [3.8, 4) is 0 Å². The first-order valence-corrected chi connectivity index (χ1v) is 7.28. The quantitative estimate of drug-likeness (QED) is 0.728. The molecule has 3 heterocycles. The molecule has 0 aromatic heterocycles. The van der Waals surface area contributed by atoms with Gasteiger partial charge in [-0.1, -0.05) is 0 Å². The number of hydrogen-bond acceptors (Lipinski definition) is 3. The molecule has 17 heavy (non-hydrogen) atoms.